The van der Waals surface area contributed by atoms with Gasteiger partial charge in [0, 0.05) is 5.56 Å². The number of carbonyl (C=O) groups excluding carboxylic acids is 1. The molecule has 0 heterocycles. The lowest BCUT2D eigenvalue weighted by Crippen LogP contribution is -2.28. The third-order valence-electron chi connectivity index (χ3n) is 1.28. The van der Waals surface area contributed by atoms with Crippen molar-refractivity contribution in [1.29, 1.82) is 0 Å². The van der Waals surface area contributed by atoms with Crippen LogP contribution in [0, 0.1) is 0 Å². The Balaban J connectivity index is 2.66. The molecule has 0 unspecified atom stereocenters. The minimum Gasteiger partial charge on any atom is -0.296 e. The molecule has 0 saturated carbocycles. The van der Waals surface area contributed by atoms with Gasteiger partial charge in [0.05, 0.1) is 0 Å². The van der Waals surface area contributed by atoms with E-state index in [9.17, 15) is 13.6 Å². The van der Waals surface area contributed by atoms with E-state index in [1.54, 1.807) is 18.2 Å². The Morgan fingerprint density at radius 3 is 2.33 bits per heavy atom. The summed E-state index contributed by atoms with van der Waals surface area (Å²) < 4.78 is 23.3. The van der Waals surface area contributed by atoms with Crippen LogP contribution in [0.15, 0.2) is 30.3 Å². The first-order valence-electron chi connectivity index (χ1n) is 3.34. The zero-order chi connectivity index (χ0) is 8.97. The minimum absolute atomic E-state index is 0.234. The summed E-state index contributed by atoms with van der Waals surface area (Å²) >= 11 is 0. The maximum absolute atomic E-state index is 11.6. The van der Waals surface area contributed by atoms with E-state index in [1.165, 1.54) is 17.4 Å². The summed E-state index contributed by atoms with van der Waals surface area (Å²) in [7, 11) is 0. The molecule has 1 N–H and O–H groups in total. The van der Waals surface area contributed by atoms with E-state index in [0.717, 1.165) is 0 Å². The van der Waals surface area contributed by atoms with Crippen molar-refractivity contribution in [3.63, 3.8) is 0 Å². The van der Waals surface area contributed by atoms with Crippen molar-refractivity contribution in [2.45, 2.75) is 6.55 Å². The predicted molar refractivity (Wildman–Crippen MR) is 39.9 cm³/mol. The summed E-state index contributed by atoms with van der Waals surface area (Å²) in [5.41, 5.74) is 0.234. The van der Waals surface area contributed by atoms with Crippen LogP contribution in [0.4, 0.5) is 8.78 Å². The van der Waals surface area contributed by atoms with Crippen molar-refractivity contribution in [1.82, 2.24) is 5.32 Å². The SMILES string of the molecule is O=C(NC(F)F)c1ccccc1. The molecule has 0 aromatic heterocycles. The zero-order valence-electron chi connectivity index (χ0n) is 6.13. The topological polar surface area (TPSA) is 29.1 Å². The first-order valence-corrected chi connectivity index (χ1v) is 3.34. The molecule has 1 aromatic carbocycles. The molecule has 1 aromatic rings. The average molecular weight is 171 g/mol. The molecule has 0 fully saturated rings. The Bertz CT molecular complexity index is 261. The molecule has 1 amide bonds. The fourth-order valence-electron chi connectivity index (χ4n) is 0.772. The second kappa shape index (κ2) is 3.80. The largest absolute Gasteiger partial charge is 0.315 e. The maximum atomic E-state index is 11.6. The molecule has 0 atom stereocenters. The lowest BCUT2D eigenvalue weighted by atomic mass is 10.2. The fraction of sp³-hybridized carbons (Fsp3) is 0.125. The molecule has 0 spiro atoms. The van der Waals surface area contributed by atoms with Gasteiger partial charge in [0.2, 0.25) is 0 Å². The molecule has 0 bridgehead atoms. The smallest absolute Gasteiger partial charge is 0.296 e. The Kier molecular flexibility index (Phi) is 2.74. The number of alkyl halides is 2. The molecule has 0 aliphatic rings. The van der Waals surface area contributed by atoms with Gasteiger partial charge < -0.3 is 0 Å². The van der Waals surface area contributed by atoms with Gasteiger partial charge in [0.15, 0.2) is 0 Å². The van der Waals surface area contributed by atoms with Crippen LogP contribution in [-0.2, 0) is 0 Å². The summed E-state index contributed by atoms with van der Waals surface area (Å²) in [6.45, 7) is -2.81. The van der Waals surface area contributed by atoms with Crippen molar-refractivity contribution in [3.8, 4) is 0 Å². The van der Waals surface area contributed by atoms with Crippen molar-refractivity contribution < 1.29 is 13.6 Å². The van der Waals surface area contributed by atoms with Gasteiger partial charge in [-0.2, -0.15) is 8.78 Å². The van der Waals surface area contributed by atoms with Gasteiger partial charge in [-0.15, -0.1) is 0 Å². The number of hydrogen-bond donors (Lipinski definition) is 1. The van der Waals surface area contributed by atoms with Gasteiger partial charge in [0.1, 0.15) is 0 Å². The van der Waals surface area contributed by atoms with Crippen LogP contribution in [0.25, 0.3) is 0 Å². The standard InChI is InChI=1S/C8H7F2NO/c9-8(10)11-7(12)6-4-2-1-3-5-6/h1-5,8H,(H,11,12). The van der Waals surface area contributed by atoms with Gasteiger partial charge >= 0.3 is 6.55 Å². The summed E-state index contributed by atoms with van der Waals surface area (Å²) in [6, 6.07) is 7.87. The number of halogens is 2. The number of benzene rings is 1. The van der Waals surface area contributed by atoms with E-state index in [0.29, 0.717) is 0 Å². The summed E-state index contributed by atoms with van der Waals surface area (Å²) in [5, 5.41) is 1.49. The van der Waals surface area contributed by atoms with Gasteiger partial charge in [-0.05, 0) is 12.1 Å². The van der Waals surface area contributed by atoms with E-state index in [4.69, 9.17) is 0 Å². The third kappa shape index (κ3) is 2.30. The lowest BCUT2D eigenvalue weighted by molar-refractivity contribution is 0.0699. The Morgan fingerprint density at radius 1 is 1.25 bits per heavy atom. The minimum atomic E-state index is -2.81. The van der Waals surface area contributed by atoms with Crippen molar-refractivity contribution in [2.75, 3.05) is 0 Å². The summed E-state index contributed by atoms with van der Waals surface area (Å²) in [4.78, 5) is 10.9. The highest BCUT2D eigenvalue weighted by Gasteiger charge is 2.08. The van der Waals surface area contributed by atoms with E-state index >= 15 is 0 Å². The van der Waals surface area contributed by atoms with Gasteiger partial charge in [0.25, 0.3) is 5.91 Å². The van der Waals surface area contributed by atoms with Crippen LogP contribution < -0.4 is 5.32 Å². The number of rotatable bonds is 2. The van der Waals surface area contributed by atoms with Crippen LogP contribution in [0.1, 0.15) is 10.4 Å². The van der Waals surface area contributed by atoms with Crippen LogP contribution in [0.5, 0.6) is 0 Å². The average Bonchev–Trinajstić information content (AvgIpc) is 2.05. The Hall–Kier alpha value is -1.45. The molecule has 0 saturated heterocycles. The molecular weight excluding hydrogens is 164 g/mol. The molecule has 2 nitrogen and oxygen atoms in total. The maximum Gasteiger partial charge on any atom is 0.315 e. The van der Waals surface area contributed by atoms with Crippen LogP contribution in [0.2, 0.25) is 0 Å². The first kappa shape index (κ1) is 8.64. The third-order valence-corrected chi connectivity index (χ3v) is 1.28. The van der Waals surface area contributed by atoms with E-state index in [-0.39, 0.29) is 5.56 Å². The van der Waals surface area contributed by atoms with Crippen LogP contribution in [-0.4, -0.2) is 12.5 Å². The quantitative estimate of drug-likeness (QED) is 0.673. The van der Waals surface area contributed by atoms with Crippen LogP contribution in [0.3, 0.4) is 0 Å². The highest BCUT2D eigenvalue weighted by molar-refractivity contribution is 5.94. The van der Waals surface area contributed by atoms with E-state index in [1.807, 2.05) is 0 Å². The predicted octanol–water partition coefficient (Wildman–Crippen LogP) is 1.64. The Labute approximate surface area is 68.2 Å². The number of nitrogens with one attached hydrogen (secondary N) is 1. The van der Waals surface area contributed by atoms with Gasteiger partial charge in [-0.1, -0.05) is 18.2 Å². The molecular formula is C8H7F2NO. The second-order valence-electron chi connectivity index (χ2n) is 2.14. The zero-order valence-corrected chi connectivity index (χ0v) is 6.13. The summed E-state index contributed by atoms with van der Waals surface area (Å²) in [6.07, 6.45) is 0. The molecule has 64 valence electrons. The monoisotopic (exact) mass is 171 g/mol. The van der Waals surface area contributed by atoms with E-state index in [2.05, 4.69) is 0 Å². The first-order chi connectivity index (χ1) is 5.70. The molecule has 12 heavy (non-hydrogen) atoms. The van der Waals surface area contributed by atoms with Crippen molar-refractivity contribution >= 4 is 5.91 Å². The van der Waals surface area contributed by atoms with Gasteiger partial charge in [-0.25, -0.2) is 0 Å². The van der Waals surface area contributed by atoms with Gasteiger partial charge in [-0.3, -0.25) is 10.1 Å². The second-order valence-corrected chi connectivity index (χ2v) is 2.14. The van der Waals surface area contributed by atoms with Crippen molar-refractivity contribution in [2.24, 2.45) is 0 Å². The number of amides is 1. The lowest BCUT2D eigenvalue weighted by Gasteiger charge is -2.01. The summed E-state index contributed by atoms with van der Waals surface area (Å²) in [5.74, 6) is -0.759. The molecule has 1 rings (SSSR count). The molecule has 0 radical (unpaired) electrons. The Morgan fingerprint density at radius 2 is 1.83 bits per heavy atom. The van der Waals surface area contributed by atoms with Crippen molar-refractivity contribution in [3.05, 3.63) is 35.9 Å². The van der Waals surface area contributed by atoms with Crippen LogP contribution >= 0.6 is 0 Å². The fourth-order valence-corrected chi connectivity index (χ4v) is 0.772. The number of carbonyl (C=O) groups is 1. The highest BCUT2D eigenvalue weighted by atomic mass is 19.3. The van der Waals surface area contributed by atoms with E-state index < -0.39 is 12.5 Å². The molecule has 0 aliphatic carbocycles. The number of hydrogen-bond acceptors (Lipinski definition) is 1. The molecule has 0 aliphatic heterocycles. The normalized spacial score (nSPS) is 9.92. The highest BCUT2D eigenvalue weighted by Crippen LogP contribution is 1.99. The molecule has 4 heteroatoms.